The van der Waals surface area contributed by atoms with Crippen LogP contribution < -0.4 is 14.8 Å². The summed E-state index contributed by atoms with van der Waals surface area (Å²) in [5.74, 6) is 0.833. The van der Waals surface area contributed by atoms with Crippen LogP contribution in [0.3, 0.4) is 0 Å². The highest BCUT2D eigenvalue weighted by Crippen LogP contribution is 2.29. The third-order valence-corrected chi connectivity index (χ3v) is 2.75. The molecular weight excluding hydrogens is 280 g/mol. The molecule has 22 heavy (non-hydrogen) atoms. The second kappa shape index (κ2) is 8.73. The van der Waals surface area contributed by atoms with Crippen LogP contribution in [-0.4, -0.2) is 25.7 Å². The van der Waals surface area contributed by atoms with E-state index < -0.39 is 0 Å². The van der Waals surface area contributed by atoms with E-state index >= 15 is 0 Å². The van der Waals surface area contributed by atoms with Crippen LogP contribution in [-0.2, 0) is 4.79 Å². The van der Waals surface area contributed by atoms with Crippen LogP contribution in [0.25, 0.3) is 6.08 Å². The second-order valence-electron chi connectivity index (χ2n) is 5.06. The molecule has 1 aromatic rings. The van der Waals surface area contributed by atoms with Gasteiger partial charge in [0.15, 0.2) is 11.5 Å². The van der Waals surface area contributed by atoms with Gasteiger partial charge >= 0.3 is 0 Å². The second-order valence-corrected chi connectivity index (χ2v) is 5.06. The first-order valence-corrected chi connectivity index (χ1v) is 7.25. The van der Waals surface area contributed by atoms with E-state index in [1.165, 1.54) is 6.08 Å². The number of nitrogens with zero attached hydrogens (tertiary/aromatic N) is 1. The predicted molar refractivity (Wildman–Crippen MR) is 85.6 cm³/mol. The minimum atomic E-state index is -0.385. The Morgan fingerprint density at radius 1 is 1.41 bits per heavy atom. The van der Waals surface area contributed by atoms with Crippen molar-refractivity contribution in [3.63, 3.8) is 0 Å². The van der Waals surface area contributed by atoms with Crippen molar-refractivity contribution >= 4 is 12.0 Å². The van der Waals surface area contributed by atoms with Gasteiger partial charge in [0.2, 0.25) is 0 Å². The lowest BCUT2D eigenvalue weighted by Crippen LogP contribution is -2.30. The Balaban J connectivity index is 3.07. The number of rotatable bonds is 7. The van der Waals surface area contributed by atoms with E-state index in [4.69, 9.17) is 14.7 Å². The number of ether oxygens (including phenoxy) is 2. The molecule has 0 unspecified atom stereocenters. The van der Waals surface area contributed by atoms with Gasteiger partial charge in [-0.25, -0.2) is 0 Å². The molecule has 0 atom stereocenters. The maximum atomic E-state index is 11.9. The lowest BCUT2D eigenvalue weighted by molar-refractivity contribution is -0.117. The fourth-order valence-electron chi connectivity index (χ4n) is 1.76. The Bertz CT molecular complexity index is 586. The Labute approximate surface area is 131 Å². The normalized spacial score (nSPS) is 11.0. The van der Waals surface area contributed by atoms with E-state index in [-0.39, 0.29) is 17.5 Å². The fraction of sp³-hybridized carbons (Fsp3) is 0.412. The van der Waals surface area contributed by atoms with E-state index in [1.807, 2.05) is 26.8 Å². The van der Waals surface area contributed by atoms with E-state index in [0.717, 1.165) is 6.42 Å². The quantitative estimate of drug-likeness (QED) is 0.621. The average molecular weight is 302 g/mol. The number of carbonyl (C=O) groups is 1. The number of hydrogen-bond donors (Lipinski definition) is 1. The first-order chi connectivity index (χ1) is 10.5. The number of nitriles is 1. The van der Waals surface area contributed by atoms with Crippen molar-refractivity contribution in [2.45, 2.75) is 33.2 Å². The van der Waals surface area contributed by atoms with Crippen LogP contribution in [0.2, 0.25) is 0 Å². The summed E-state index contributed by atoms with van der Waals surface area (Å²) in [6, 6.07) is 7.19. The van der Waals surface area contributed by atoms with Gasteiger partial charge in [0.25, 0.3) is 5.91 Å². The maximum absolute atomic E-state index is 11.9. The minimum absolute atomic E-state index is 0.0245. The Hall–Kier alpha value is -2.48. The molecule has 0 aliphatic carbocycles. The zero-order valence-electron chi connectivity index (χ0n) is 13.5. The molecule has 1 N–H and O–H groups in total. The lowest BCUT2D eigenvalue weighted by Gasteiger charge is -2.11. The van der Waals surface area contributed by atoms with Gasteiger partial charge in [-0.05, 0) is 44.0 Å². The van der Waals surface area contributed by atoms with Gasteiger partial charge < -0.3 is 14.8 Å². The number of nitrogens with one attached hydrogen (secondary N) is 1. The van der Waals surface area contributed by atoms with Crippen LogP contribution in [0.1, 0.15) is 32.8 Å². The fourth-order valence-corrected chi connectivity index (χ4v) is 1.76. The molecule has 0 aromatic heterocycles. The molecule has 118 valence electrons. The van der Waals surface area contributed by atoms with Crippen molar-refractivity contribution in [2.24, 2.45) is 0 Å². The molecule has 5 heteroatoms. The molecule has 1 aromatic carbocycles. The highest BCUT2D eigenvalue weighted by Gasteiger charge is 2.11. The standard InChI is InChI=1S/C17H22N2O3/c1-5-8-22-16-10-13(6-7-15(16)21-4)9-14(11-18)17(20)19-12(2)3/h6-7,9-10,12H,5,8H2,1-4H3,(H,19,20)/b14-9+. The third-order valence-electron chi connectivity index (χ3n) is 2.75. The molecule has 5 nitrogen and oxygen atoms in total. The summed E-state index contributed by atoms with van der Waals surface area (Å²) in [6.45, 7) is 6.27. The third kappa shape index (κ3) is 5.13. The Morgan fingerprint density at radius 2 is 2.14 bits per heavy atom. The maximum Gasteiger partial charge on any atom is 0.262 e. The number of hydrogen-bond acceptors (Lipinski definition) is 4. The Morgan fingerprint density at radius 3 is 2.68 bits per heavy atom. The van der Waals surface area contributed by atoms with Gasteiger partial charge in [-0.1, -0.05) is 13.0 Å². The number of amides is 1. The summed E-state index contributed by atoms with van der Waals surface area (Å²) in [5.41, 5.74) is 0.766. The SMILES string of the molecule is CCCOc1cc(/C=C(\C#N)C(=O)NC(C)C)ccc1OC. The first-order valence-electron chi connectivity index (χ1n) is 7.25. The minimum Gasteiger partial charge on any atom is -0.493 e. The summed E-state index contributed by atoms with van der Waals surface area (Å²) in [6.07, 6.45) is 2.42. The van der Waals surface area contributed by atoms with Crippen molar-refractivity contribution in [2.75, 3.05) is 13.7 Å². The molecule has 1 amide bonds. The molecule has 0 aliphatic heterocycles. The van der Waals surface area contributed by atoms with Crippen LogP contribution in [0.4, 0.5) is 0 Å². The summed E-state index contributed by atoms with van der Waals surface area (Å²) in [5, 5.41) is 11.8. The van der Waals surface area contributed by atoms with Gasteiger partial charge in [0.05, 0.1) is 13.7 Å². The molecule has 0 spiro atoms. The van der Waals surface area contributed by atoms with Crippen LogP contribution in [0, 0.1) is 11.3 Å². The highest BCUT2D eigenvalue weighted by atomic mass is 16.5. The van der Waals surface area contributed by atoms with Crippen molar-refractivity contribution in [1.29, 1.82) is 5.26 Å². The number of benzene rings is 1. The van der Waals surface area contributed by atoms with E-state index in [2.05, 4.69) is 5.32 Å². The molecule has 0 saturated heterocycles. The molecule has 0 bridgehead atoms. The van der Waals surface area contributed by atoms with E-state index in [9.17, 15) is 4.79 Å². The van der Waals surface area contributed by atoms with Crippen molar-refractivity contribution in [1.82, 2.24) is 5.32 Å². The van der Waals surface area contributed by atoms with Gasteiger partial charge in [0, 0.05) is 6.04 Å². The van der Waals surface area contributed by atoms with Crippen molar-refractivity contribution in [3.05, 3.63) is 29.3 Å². The van der Waals surface area contributed by atoms with Gasteiger partial charge in [-0.15, -0.1) is 0 Å². The zero-order valence-corrected chi connectivity index (χ0v) is 13.5. The van der Waals surface area contributed by atoms with E-state index in [1.54, 1.807) is 25.3 Å². The molecular formula is C17H22N2O3. The molecule has 1 rings (SSSR count). The topological polar surface area (TPSA) is 71.3 Å². The van der Waals surface area contributed by atoms with Gasteiger partial charge in [-0.2, -0.15) is 5.26 Å². The summed E-state index contributed by atoms with van der Waals surface area (Å²) < 4.78 is 10.9. The number of methoxy groups -OCH3 is 1. The van der Waals surface area contributed by atoms with Gasteiger partial charge in [-0.3, -0.25) is 4.79 Å². The Kier molecular flexibility index (Phi) is 6.97. The summed E-state index contributed by atoms with van der Waals surface area (Å²) in [4.78, 5) is 11.9. The lowest BCUT2D eigenvalue weighted by atomic mass is 10.1. The van der Waals surface area contributed by atoms with Gasteiger partial charge in [0.1, 0.15) is 11.6 Å². The van der Waals surface area contributed by atoms with Crippen LogP contribution in [0.5, 0.6) is 11.5 Å². The van der Waals surface area contributed by atoms with Crippen molar-refractivity contribution < 1.29 is 14.3 Å². The zero-order chi connectivity index (χ0) is 16.5. The molecule has 0 saturated carbocycles. The smallest absolute Gasteiger partial charge is 0.262 e. The predicted octanol–water partition coefficient (Wildman–Crippen LogP) is 2.92. The van der Waals surface area contributed by atoms with Crippen LogP contribution >= 0.6 is 0 Å². The van der Waals surface area contributed by atoms with Crippen molar-refractivity contribution in [3.8, 4) is 17.6 Å². The van der Waals surface area contributed by atoms with Crippen LogP contribution in [0.15, 0.2) is 23.8 Å². The highest BCUT2D eigenvalue weighted by molar-refractivity contribution is 6.01. The molecule has 0 aliphatic rings. The number of carbonyl (C=O) groups excluding carboxylic acids is 1. The monoisotopic (exact) mass is 302 g/mol. The first kappa shape index (κ1) is 17.6. The largest absolute Gasteiger partial charge is 0.493 e. The molecule has 0 radical (unpaired) electrons. The summed E-state index contributed by atoms with van der Waals surface area (Å²) >= 11 is 0. The van der Waals surface area contributed by atoms with E-state index in [0.29, 0.717) is 23.7 Å². The average Bonchev–Trinajstić information content (AvgIpc) is 2.49. The summed E-state index contributed by atoms with van der Waals surface area (Å²) in [7, 11) is 1.57. The molecule has 0 fully saturated rings. The molecule has 0 heterocycles.